The van der Waals surface area contributed by atoms with E-state index in [0.717, 1.165) is 43.4 Å². The highest BCUT2D eigenvalue weighted by molar-refractivity contribution is 7.92. The lowest BCUT2D eigenvalue weighted by Gasteiger charge is -2.34. The van der Waals surface area contributed by atoms with Gasteiger partial charge < -0.3 is 10.2 Å². The van der Waals surface area contributed by atoms with Crippen molar-refractivity contribution in [3.05, 3.63) is 94.5 Å². The topological polar surface area (TPSA) is 86.8 Å². The Kier molecular flexibility index (Phi) is 10.6. The second-order valence-electron chi connectivity index (χ2n) is 10.9. The van der Waals surface area contributed by atoms with Crippen molar-refractivity contribution in [2.75, 3.05) is 10.8 Å². The zero-order valence-corrected chi connectivity index (χ0v) is 26.1. The first-order valence-corrected chi connectivity index (χ1v) is 16.2. The van der Waals surface area contributed by atoms with Gasteiger partial charge in [0, 0.05) is 17.6 Å². The molecule has 0 radical (unpaired) electrons. The Morgan fingerprint density at radius 2 is 1.66 bits per heavy atom. The number of nitrogens with zero attached hydrogens (tertiary/aromatic N) is 2. The lowest BCUT2D eigenvalue weighted by molar-refractivity contribution is -0.140. The van der Waals surface area contributed by atoms with Crippen molar-refractivity contribution in [3.63, 3.8) is 0 Å². The number of carbonyl (C=O) groups is 2. The SMILES string of the molecule is CC[C@@H](C(=O)NC1CCCC1)N(Cc1ccccc1Cl)C(=O)CN(c1cccc(C(F)(F)F)c1)S(=O)(=O)c1ccc(C)cc1. The predicted molar refractivity (Wildman–Crippen MR) is 164 cm³/mol. The van der Waals surface area contributed by atoms with E-state index in [9.17, 15) is 31.2 Å². The van der Waals surface area contributed by atoms with Crippen LogP contribution in [0.3, 0.4) is 0 Å². The molecule has 3 aromatic carbocycles. The second-order valence-corrected chi connectivity index (χ2v) is 13.2. The van der Waals surface area contributed by atoms with Crippen molar-refractivity contribution in [2.45, 2.75) is 75.7 Å². The summed E-state index contributed by atoms with van der Waals surface area (Å²) in [5.74, 6) is -1.15. The van der Waals surface area contributed by atoms with Crippen LogP contribution in [0.2, 0.25) is 5.02 Å². The number of halogens is 4. The van der Waals surface area contributed by atoms with Crippen LogP contribution >= 0.6 is 11.6 Å². The molecule has 12 heteroatoms. The van der Waals surface area contributed by atoms with Gasteiger partial charge >= 0.3 is 6.18 Å². The van der Waals surface area contributed by atoms with Crippen molar-refractivity contribution >= 4 is 39.1 Å². The number of nitrogens with one attached hydrogen (secondary N) is 1. The van der Waals surface area contributed by atoms with E-state index in [-0.39, 0.29) is 35.5 Å². The number of anilines is 1. The van der Waals surface area contributed by atoms with E-state index in [1.165, 1.54) is 23.1 Å². The van der Waals surface area contributed by atoms with Gasteiger partial charge in [0.25, 0.3) is 10.0 Å². The molecule has 7 nitrogen and oxygen atoms in total. The molecule has 4 rings (SSSR count). The van der Waals surface area contributed by atoms with Crippen LogP contribution in [0.25, 0.3) is 0 Å². The third kappa shape index (κ3) is 7.92. The molecule has 2 amide bonds. The van der Waals surface area contributed by atoms with Crippen molar-refractivity contribution in [1.82, 2.24) is 10.2 Å². The summed E-state index contributed by atoms with van der Waals surface area (Å²) >= 11 is 6.41. The Labute approximate surface area is 261 Å². The molecule has 0 unspecified atom stereocenters. The quantitative estimate of drug-likeness (QED) is 0.250. The Morgan fingerprint density at radius 3 is 2.27 bits per heavy atom. The predicted octanol–water partition coefficient (Wildman–Crippen LogP) is 6.73. The molecule has 1 aliphatic rings. The van der Waals surface area contributed by atoms with Crippen LogP contribution in [0.15, 0.2) is 77.7 Å². The van der Waals surface area contributed by atoms with Gasteiger partial charge in [-0.05, 0) is 68.1 Å². The molecule has 1 fully saturated rings. The van der Waals surface area contributed by atoms with E-state index in [2.05, 4.69) is 5.32 Å². The van der Waals surface area contributed by atoms with Crippen LogP contribution in [-0.4, -0.2) is 43.8 Å². The van der Waals surface area contributed by atoms with Gasteiger partial charge in [0.05, 0.1) is 16.1 Å². The number of sulfonamides is 1. The van der Waals surface area contributed by atoms with Gasteiger partial charge in [0.15, 0.2) is 0 Å². The van der Waals surface area contributed by atoms with E-state index in [1.54, 1.807) is 50.2 Å². The van der Waals surface area contributed by atoms with Gasteiger partial charge in [-0.15, -0.1) is 0 Å². The molecular weight excluding hydrogens is 615 g/mol. The molecule has 0 bridgehead atoms. The monoisotopic (exact) mass is 649 g/mol. The summed E-state index contributed by atoms with van der Waals surface area (Å²) in [6.07, 6.45) is -0.943. The van der Waals surface area contributed by atoms with Gasteiger partial charge in [-0.3, -0.25) is 13.9 Å². The van der Waals surface area contributed by atoms with Gasteiger partial charge in [-0.2, -0.15) is 13.2 Å². The lowest BCUT2D eigenvalue weighted by atomic mass is 10.1. The minimum absolute atomic E-state index is 0.0302. The molecule has 1 aliphatic carbocycles. The van der Waals surface area contributed by atoms with E-state index >= 15 is 0 Å². The first-order chi connectivity index (χ1) is 20.8. The van der Waals surface area contributed by atoms with Gasteiger partial charge in [-0.25, -0.2) is 8.42 Å². The van der Waals surface area contributed by atoms with Crippen LogP contribution in [0, 0.1) is 6.92 Å². The molecule has 3 aromatic rings. The van der Waals surface area contributed by atoms with Crippen molar-refractivity contribution in [3.8, 4) is 0 Å². The molecule has 1 atom stereocenters. The van der Waals surface area contributed by atoms with Crippen LogP contribution in [0.1, 0.15) is 55.7 Å². The zero-order chi connectivity index (χ0) is 32.1. The van der Waals surface area contributed by atoms with Crippen molar-refractivity contribution < 1.29 is 31.2 Å². The van der Waals surface area contributed by atoms with Crippen LogP contribution in [0.5, 0.6) is 0 Å². The van der Waals surface area contributed by atoms with Crippen molar-refractivity contribution in [1.29, 1.82) is 0 Å². The maximum absolute atomic E-state index is 14.2. The number of carbonyl (C=O) groups excluding carboxylic acids is 2. The fraction of sp³-hybridized carbons (Fsp3) is 0.375. The summed E-state index contributed by atoms with van der Waals surface area (Å²) in [5, 5.41) is 3.36. The van der Waals surface area contributed by atoms with Gasteiger partial charge in [-0.1, -0.05) is 73.3 Å². The maximum atomic E-state index is 14.2. The average molecular weight is 650 g/mol. The molecule has 0 aromatic heterocycles. The highest BCUT2D eigenvalue weighted by Gasteiger charge is 2.36. The summed E-state index contributed by atoms with van der Waals surface area (Å²) in [6.45, 7) is 2.53. The molecule has 236 valence electrons. The number of benzene rings is 3. The van der Waals surface area contributed by atoms with E-state index < -0.39 is 40.3 Å². The van der Waals surface area contributed by atoms with E-state index in [4.69, 9.17) is 11.6 Å². The number of rotatable bonds is 11. The highest BCUT2D eigenvalue weighted by atomic mass is 35.5. The number of hydrogen-bond donors (Lipinski definition) is 1. The summed E-state index contributed by atoms with van der Waals surface area (Å²) in [6, 6.07) is 15.4. The summed E-state index contributed by atoms with van der Waals surface area (Å²) in [4.78, 5) is 28.8. The van der Waals surface area contributed by atoms with E-state index in [0.29, 0.717) is 21.0 Å². The van der Waals surface area contributed by atoms with Gasteiger partial charge in [0.2, 0.25) is 11.8 Å². The molecule has 0 spiro atoms. The summed E-state index contributed by atoms with van der Waals surface area (Å²) in [5.41, 5.74) is -0.103. The second kappa shape index (κ2) is 14.0. The fourth-order valence-corrected chi connectivity index (χ4v) is 6.90. The Morgan fingerprint density at radius 1 is 1.00 bits per heavy atom. The van der Waals surface area contributed by atoms with Crippen LogP contribution in [0.4, 0.5) is 18.9 Å². The van der Waals surface area contributed by atoms with Crippen molar-refractivity contribution in [2.24, 2.45) is 0 Å². The Balaban J connectivity index is 1.77. The Hall–Kier alpha value is -3.57. The number of hydrogen-bond acceptors (Lipinski definition) is 4. The normalized spacial score (nSPS) is 14.7. The number of alkyl halides is 3. The summed E-state index contributed by atoms with van der Waals surface area (Å²) in [7, 11) is -4.52. The maximum Gasteiger partial charge on any atom is 0.416 e. The molecule has 0 heterocycles. The van der Waals surface area contributed by atoms with Gasteiger partial charge in [0.1, 0.15) is 12.6 Å². The largest absolute Gasteiger partial charge is 0.416 e. The average Bonchev–Trinajstić information content (AvgIpc) is 3.49. The minimum Gasteiger partial charge on any atom is -0.352 e. The third-order valence-electron chi connectivity index (χ3n) is 7.74. The fourth-order valence-electron chi connectivity index (χ4n) is 5.30. The molecule has 44 heavy (non-hydrogen) atoms. The number of amides is 2. The molecule has 1 saturated carbocycles. The molecule has 1 N–H and O–H groups in total. The van der Waals surface area contributed by atoms with Crippen LogP contribution < -0.4 is 9.62 Å². The first-order valence-electron chi connectivity index (χ1n) is 14.4. The highest BCUT2D eigenvalue weighted by Crippen LogP contribution is 2.33. The molecule has 0 aliphatic heterocycles. The van der Waals surface area contributed by atoms with E-state index in [1.807, 2.05) is 0 Å². The first kappa shape index (κ1) is 33.3. The zero-order valence-electron chi connectivity index (χ0n) is 24.5. The smallest absolute Gasteiger partial charge is 0.352 e. The standard InChI is InChI=1S/C32H35ClF3N3O4S/c1-3-29(31(41)37-25-11-5-6-12-25)38(20-23-9-4-7-14-28(23)33)30(40)21-39(26-13-8-10-24(19-26)32(34,35)36)44(42,43)27-17-15-22(2)16-18-27/h4,7-10,13-19,25,29H,3,5-6,11-12,20-21H2,1-2H3,(H,37,41)/t29-/m0/s1. The lowest BCUT2D eigenvalue weighted by Crippen LogP contribution is -2.53. The number of aryl methyl sites for hydroxylation is 1. The minimum atomic E-state index is -4.75. The van der Waals surface area contributed by atoms with Crippen LogP contribution in [-0.2, 0) is 32.3 Å². The Bertz CT molecular complexity index is 1580. The molecular formula is C32H35ClF3N3O4S. The third-order valence-corrected chi connectivity index (χ3v) is 9.89. The summed E-state index contributed by atoms with van der Waals surface area (Å²) < 4.78 is 69.6. The molecule has 0 saturated heterocycles.